The average Bonchev–Trinajstić information content (AvgIpc) is 3.23. The van der Waals surface area contributed by atoms with Gasteiger partial charge in [-0.05, 0) is 46.3 Å². The Morgan fingerprint density at radius 1 is 1.11 bits per heavy atom. The SMILES string of the molecule is O=C1/C(=C/c2ccc(-c3ccccc3)o2)SC(=S)N1c1ccc(Br)c(Cl)c1. The Morgan fingerprint density at radius 2 is 1.89 bits per heavy atom. The molecule has 1 amide bonds. The highest BCUT2D eigenvalue weighted by Gasteiger charge is 2.33. The molecule has 0 radical (unpaired) electrons. The van der Waals surface area contributed by atoms with E-state index in [1.807, 2.05) is 42.5 Å². The third-order valence-electron chi connectivity index (χ3n) is 3.91. The standard InChI is InChI=1S/C20H11BrClNO2S2/c21-15-8-6-13(10-16(15)22)23-19(24)18(27-20(23)26)11-14-7-9-17(25-14)12-4-2-1-3-5-12/h1-11H/b18-11-. The van der Waals surface area contributed by atoms with Crippen LogP contribution < -0.4 is 4.90 Å². The molecule has 0 atom stereocenters. The van der Waals surface area contributed by atoms with Gasteiger partial charge in [-0.1, -0.05) is 65.9 Å². The van der Waals surface area contributed by atoms with Gasteiger partial charge < -0.3 is 4.42 Å². The lowest BCUT2D eigenvalue weighted by Gasteiger charge is -2.15. The van der Waals surface area contributed by atoms with Crippen molar-refractivity contribution in [2.45, 2.75) is 0 Å². The smallest absolute Gasteiger partial charge is 0.270 e. The number of hydrogen-bond donors (Lipinski definition) is 0. The molecule has 1 aliphatic heterocycles. The summed E-state index contributed by atoms with van der Waals surface area (Å²) in [5.74, 6) is 1.15. The maximum Gasteiger partial charge on any atom is 0.270 e. The monoisotopic (exact) mass is 475 g/mol. The highest BCUT2D eigenvalue weighted by molar-refractivity contribution is 9.10. The Kier molecular flexibility index (Phi) is 5.23. The van der Waals surface area contributed by atoms with Gasteiger partial charge in [0, 0.05) is 16.1 Å². The molecule has 134 valence electrons. The van der Waals surface area contributed by atoms with E-state index in [-0.39, 0.29) is 5.91 Å². The van der Waals surface area contributed by atoms with E-state index in [9.17, 15) is 4.79 Å². The normalized spacial score (nSPS) is 15.8. The van der Waals surface area contributed by atoms with Gasteiger partial charge in [-0.15, -0.1) is 0 Å². The molecule has 0 bridgehead atoms. The van der Waals surface area contributed by atoms with Crippen molar-refractivity contribution in [2.75, 3.05) is 4.90 Å². The van der Waals surface area contributed by atoms with Crippen molar-refractivity contribution < 1.29 is 9.21 Å². The Hall–Kier alpha value is -1.86. The maximum absolute atomic E-state index is 12.8. The fraction of sp³-hybridized carbons (Fsp3) is 0. The molecule has 2 heterocycles. The number of benzene rings is 2. The van der Waals surface area contributed by atoms with Gasteiger partial charge >= 0.3 is 0 Å². The highest BCUT2D eigenvalue weighted by atomic mass is 79.9. The number of carbonyl (C=O) groups excluding carboxylic acids is 1. The second-order valence-corrected chi connectivity index (χ2v) is 8.62. The third-order valence-corrected chi connectivity index (χ3v) is 6.45. The second kappa shape index (κ2) is 7.64. The van der Waals surface area contributed by atoms with Crippen molar-refractivity contribution in [1.29, 1.82) is 0 Å². The van der Waals surface area contributed by atoms with Crippen LogP contribution in [0.1, 0.15) is 5.76 Å². The molecule has 3 nitrogen and oxygen atoms in total. The molecule has 1 saturated heterocycles. The summed E-state index contributed by atoms with van der Waals surface area (Å²) in [4.78, 5) is 14.8. The minimum Gasteiger partial charge on any atom is -0.457 e. The molecule has 1 aromatic heterocycles. The molecular formula is C20H11BrClNO2S2. The molecule has 3 aromatic rings. The largest absolute Gasteiger partial charge is 0.457 e. The summed E-state index contributed by atoms with van der Waals surface area (Å²) in [5, 5.41) is 0.518. The summed E-state index contributed by atoms with van der Waals surface area (Å²) in [5.41, 5.74) is 1.62. The van der Waals surface area contributed by atoms with Crippen molar-refractivity contribution in [3.05, 3.63) is 80.8 Å². The molecule has 7 heteroatoms. The van der Waals surface area contributed by atoms with Gasteiger partial charge in [-0.3, -0.25) is 9.69 Å². The summed E-state index contributed by atoms with van der Waals surface area (Å²) in [7, 11) is 0. The predicted octanol–water partition coefficient (Wildman–Crippen LogP) is 6.77. The van der Waals surface area contributed by atoms with E-state index in [4.69, 9.17) is 28.2 Å². The van der Waals surface area contributed by atoms with Crippen molar-refractivity contribution in [3.63, 3.8) is 0 Å². The number of nitrogens with zero attached hydrogens (tertiary/aromatic N) is 1. The summed E-state index contributed by atoms with van der Waals surface area (Å²) in [6.07, 6.45) is 1.71. The Balaban J connectivity index is 1.62. The van der Waals surface area contributed by atoms with Gasteiger partial charge in [0.1, 0.15) is 11.5 Å². The zero-order chi connectivity index (χ0) is 19.0. The van der Waals surface area contributed by atoms with Gasteiger partial charge in [0.15, 0.2) is 4.32 Å². The first-order valence-electron chi connectivity index (χ1n) is 7.91. The van der Waals surface area contributed by atoms with Crippen LogP contribution in [0.25, 0.3) is 17.4 Å². The molecule has 1 fully saturated rings. The Bertz CT molecular complexity index is 1080. The van der Waals surface area contributed by atoms with Crippen LogP contribution in [0.2, 0.25) is 5.02 Å². The first-order chi connectivity index (χ1) is 13.0. The summed E-state index contributed by atoms with van der Waals surface area (Å²) >= 11 is 16.1. The Morgan fingerprint density at radius 3 is 2.63 bits per heavy atom. The van der Waals surface area contributed by atoms with Crippen molar-refractivity contribution >= 4 is 73.5 Å². The van der Waals surface area contributed by atoms with Crippen molar-refractivity contribution in [1.82, 2.24) is 0 Å². The molecule has 1 aliphatic rings. The Labute approximate surface area is 179 Å². The van der Waals surface area contributed by atoms with E-state index >= 15 is 0 Å². The van der Waals surface area contributed by atoms with Crippen LogP contribution in [-0.4, -0.2) is 10.2 Å². The number of halogens is 2. The molecule has 0 aliphatic carbocycles. The molecular weight excluding hydrogens is 466 g/mol. The molecule has 2 aromatic carbocycles. The van der Waals surface area contributed by atoms with Crippen LogP contribution in [0.15, 0.2) is 74.5 Å². The number of thioether (sulfide) groups is 1. The summed E-state index contributed by atoms with van der Waals surface area (Å²) < 4.78 is 7.08. The minimum atomic E-state index is -0.193. The first kappa shape index (κ1) is 18.5. The molecule has 0 saturated carbocycles. The zero-order valence-corrected chi connectivity index (χ0v) is 17.7. The van der Waals surface area contributed by atoms with E-state index in [0.717, 1.165) is 15.8 Å². The van der Waals surface area contributed by atoms with E-state index in [1.54, 1.807) is 24.3 Å². The number of anilines is 1. The fourth-order valence-electron chi connectivity index (χ4n) is 2.63. The highest BCUT2D eigenvalue weighted by Crippen LogP contribution is 2.38. The predicted molar refractivity (Wildman–Crippen MR) is 119 cm³/mol. The maximum atomic E-state index is 12.8. The number of furan rings is 1. The van der Waals surface area contributed by atoms with Crippen LogP contribution in [0, 0.1) is 0 Å². The fourth-order valence-corrected chi connectivity index (χ4v) is 4.33. The molecule has 0 spiro atoms. The first-order valence-corrected chi connectivity index (χ1v) is 10.3. The number of rotatable bonds is 3. The van der Waals surface area contributed by atoms with Gasteiger partial charge in [-0.2, -0.15) is 0 Å². The minimum absolute atomic E-state index is 0.193. The quantitative estimate of drug-likeness (QED) is 0.308. The molecule has 4 rings (SSSR count). The van der Waals surface area contributed by atoms with Gasteiger partial charge in [0.2, 0.25) is 0 Å². The number of carbonyl (C=O) groups is 1. The lowest BCUT2D eigenvalue weighted by atomic mass is 10.2. The van der Waals surface area contributed by atoms with Gasteiger partial charge in [0.25, 0.3) is 5.91 Å². The van der Waals surface area contributed by atoms with E-state index in [2.05, 4.69) is 15.9 Å². The number of hydrogen-bond acceptors (Lipinski definition) is 4. The number of amides is 1. The zero-order valence-electron chi connectivity index (χ0n) is 13.7. The van der Waals surface area contributed by atoms with Crippen LogP contribution in [0.4, 0.5) is 5.69 Å². The van der Waals surface area contributed by atoms with Crippen LogP contribution in [0.5, 0.6) is 0 Å². The summed E-state index contributed by atoms with van der Waals surface area (Å²) in [6.45, 7) is 0. The van der Waals surface area contributed by atoms with Crippen LogP contribution in [0.3, 0.4) is 0 Å². The van der Waals surface area contributed by atoms with E-state index in [1.165, 1.54) is 16.7 Å². The summed E-state index contributed by atoms with van der Waals surface area (Å²) in [6, 6.07) is 18.8. The van der Waals surface area contributed by atoms with Gasteiger partial charge in [0.05, 0.1) is 15.6 Å². The molecule has 27 heavy (non-hydrogen) atoms. The van der Waals surface area contributed by atoms with E-state index < -0.39 is 0 Å². The lowest BCUT2D eigenvalue weighted by Crippen LogP contribution is -2.27. The second-order valence-electron chi connectivity index (χ2n) is 5.68. The average molecular weight is 477 g/mol. The van der Waals surface area contributed by atoms with Crippen molar-refractivity contribution in [2.24, 2.45) is 0 Å². The van der Waals surface area contributed by atoms with Crippen LogP contribution in [-0.2, 0) is 4.79 Å². The third kappa shape index (κ3) is 3.75. The van der Waals surface area contributed by atoms with Crippen LogP contribution >= 0.6 is 51.5 Å². The van der Waals surface area contributed by atoms with Crippen molar-refractivity contribution in [3.8, 4) is 11.3 Å². The number of thiocarbonyl (C=S) groups is 1. The van der Waals surface area contributed by atoms with E-state index in [0.29, 0.717) is 25.7 Å². The molecule has 0 N–H and O–H groups in total. The lowest BCUT2D eigenvalue weighted by molar-refractivity contribution is -0.113. The topological polar surface area (TPSA) is 33.5 Å². The molecule has 0 unspecified atom stereocenters. The van der Waals surface area contributed by atoms with Gasteiger partial charge in [-0.25, -0.2) is 0 Å².